The molecule has 0 aliphatic heterocycles. The van der Waals surface area contributed by atoms with E-state index in [1.54, 1.807) is 7.05 Å². The van der Waals surface area contributed by atoms with Crippen molar-refractivity contribution in [2.75, 3.05) is 0 Å². The fourth-order valence-electron chi connectivity index (χ4n) is 4.73. The summed E-state index contributed by atoms with van der Waals surface area (Å²) in [5, 5.41) is 2.18. The Balaban J connectivity index is 1.80. The maximum atomic E-state index is 13.1. The second-order valence-corrected chi connectivity index (χ2v) is 8.56. The fraction of sp³-hybridized carbons (Fsp3) is 0.148. The summed E-state index contributed by atoms with van der Waals surface area (Å²) in [7, 11) is 3.14. The maximum Gasteiger partial charge on any atom is 0.332 e. The molecule has 0 saturated heterocycles. The van der Waals surface area contributed by atoms with Crippen molar-refractivity contribution in [1.29, 1.82) is 0 Å². The van der Waals surface area contributed by atoms with Gasteiger partial charge in [-0.15, -0.1) is 0 Å². The molecule has 0 atom stereocenters. The van der Waals surface area contributed by atoms with Crippen molar-refractivity contribution in [2.45, 2.75) is 13.3 Å². The second-order valence-electron chi connectivity index (χ2n) is 8.56. The molecule has 0 aliphatic rings. The molecule has 6 aromatic rings. The van der Waals surface area contributed by atoms with Crippen molar-refractivity contribution in [1.82, 2.24) is 23.1 Å². The molecule has 7 nitrogen and oxygen atoms in total. The van der Waals surface area contributed by atoms with Crippen LogP contribution >= 0.6 is 0 Å². The van der Waals surface area contributed by atoms with Gasteiger partial charge in [0.1, 0.15) is 0 Å². The molecular formula is C27H23N5O2. The van der Waals surface area contributed by atoms with E-state index >= 15 is 0 Å². The largest absolute Gasteiger partial charge is 0.332 e. The molecule has 0 aliphatic carbocycles. The summed E-state index contributed by atoms with van der Waals surface area (Å²) in [6, 6.07) is 22.8. The number of aryl methyl sites for hydroxylation is 2. The molecule has 0 fully saturated rings. The molecule has 6 rings (SSSR count). The molecular weight excluding hydrogens is 426 g/mol. The third kappa shape index (κ3) is 2.73. The van der Waals surface area contributed by atoms with Gasteiger partial charge in [0.2, 0.25) is 5.78 Å². The predicted molar refractivity (Wildman–Crippen MR) is 135 cm³/mol. The average Bonchev–Trinajstić information content (AvgIpc) is 3.42. The zero-order valence-electron chi connectivity index (χ0n) is 19.2. The number of benzene rings is 3. The summed E-state index contributed by atoms with van der Waals surface area (Å²) in [5.41, 5.74) is 4.13. The molecule has 0 bridgehead atoms. The third-order valence-electron chi connectivity index (χ3n) is 6.63. The minimum absolute atomic E-state index is 0.366. The van der Waals surface area contributed by atoms with Gasteiger partial charge in [-0.25, -0.2) is 4.79 Å². The van der Waals surface area contributed by atoms with E-state index in [1.165, 1.54) is 17.2 Å². The molecule has 0 N–H and O–H groups in total. The predicted octanol–water partition coefficient (Wildman–Crippen LogP) is 4.06. The van der Waals surface area contributed by atoms with Crippen LogP contribution in [0.15, 0.2) is 82.5 Å². The Morgan fingerprint density at radius 1 is 0.853 bits per heavy atom. The van der Waals surface area contributed by atoms with Gasteiger partial charge in [0.25, 0.3) is 5.56 Å². The average molecular weight is 450 g/mol. The van der Waals surface area contributed by atoms with Gasteiger partial charge in [-0.3, -0.25) is 22.9 Å². The number of hydrogen-bond donors (Lipinski definition) is 0. The SMILES string of the molecule is CCc1ccc(-c2cn3c4c(=O)n(C)c(=O)n(C)c4nc3n2-c2cccc3ccccc23)cc1. The van der Waals surface area contributed by atoms with Crippen LogP contribution in [-0.4, -0.2) is 23.1 Å². The van der Waals surface area contributed by atoms with Crippen LogP contribution in [0.5, 0.6) is 0 Å². The normalized spacial score (nSPS) is 11.7. The van der Waals surface area contributed by atoms with Crippen molar-refractivity contribution in [3.8, 4) is 16.9 Å². The molecule has 0 unspecified atom stereocenters. The van der Waals surface area contributed by atoms with Crippen LogP contribution < -0.4 is 11.2 Å². The van der Waals surface area contributed by atoms with Crippen molar-refractivity contribution in [3.05, 3.63) is 99.3 Å². The number of imidazole rings is 2. The standard InChI is InChI=1S/C27H23N5O2/c1-4-17-12-14-19(15-13-17)22-16-31-23-24(29(2)27(34)30(3)25(23)33)28-26(31)32(22)21-11-7-9-18-8-5-6-10-20(18)21/h5-16H,4H2,1-3H3. The van der Waals surface area contributed by atoms with Gasteiger partial charge < -0.3 is 0 Å². The number of aromatic nitrogens is 5. The molecule has 3 heterocycles. The van der Waals surface area contributed by atoms with Gasteiger partial charge in [-0.05, 0) is 23.4 Å². The van der Waals surface area contributed by atoms with Gasteiger partial charge >= 0.3 is 5.69 Å². The minimum Gasteiger partial charge on any atom is -0.279 e. The van der Waals surface area contributed by atoms with Gasteiger partial charge in [0.15, 0.2) is 11.2 Å². The van der Waals surface area contributed by atoms with Crippen LogP contribution in [0, 0.1) is 0 Å². The first kappa shape index (κ1) is 20.2. The van der Waals surface area contributed by atoms with Crippen LogP contribution in [-0.2, 0) is 20.5 Å². The lowest BCUT2D eigenvalue weighted by Gasteiger charge is -2.12. The summed E-state index contributed by atoms with van der Waals surface area (Å²) in [4.78, 5) is 30.5. The van der Waals surface area contributed by atoms with Crippen molar-refractivity contribution in [2.24, 2.45) is 14.1 Å². The Morgan fingerprint density at radius 3 is 2.35 bits per heavy atom. The van der Waals surface area contributed by atoms with E-state index in [4.69, 9.17) is 4.98 Å². The lowest BCUT2D eigenvalue weighted by atomic mass is 10.1. The van der Waals surface area contributed by atoms with E-state index in [9.17, 15) is 9.59 Å². The van der Waals surface area contributed by atoms with Crippen molar-refractivity contribution < 1.29 is 0 Å². The van der Waals surface area contributed by atoms with E-state index < -0.39 is 5.69 Å². The summed E-state index contributed by atoms with van der Waals surface area (Å²) < 4.78 is 6.43. The van der Waals surface area contributed by atoms with Gasteiger partial charge in [0.05, 0.1) is 11.4 Å². The van der Waals surface area contributed by atoms with E-state index in [0.717, 1.165) is 38.7 Å². The molecule has 0 spiro atoms. The minimum atomic E-state index is -0.398. The van der Waals surface area contributed by atoms with Gasteiger partial charge in [0, 0.05) is 31.2 Å². The smallest absolute Gasteiger partial charge is 0.279 e. The third-order valence-corrected chi connectivity index (χ3v) is 6.63. The first-order valence-electron chi connectivity index (χ1n) is 11.3. The summed E-state index contributed by atoms with van der Waals surface area (Å²) in [6.45, 7) is 2.13. The fourth-order valence-corrected chi connectivity index (χ4v) is 4.73. The maximum absolute atomic E-state index is 13.1. The summed E-state index contributed by atoms with van der Waals surface area (Å²) in [5.74, 6) is 0.583. The lowest BCUT2D eigenvalue weighted by molar-refractivity contribution is 0.708. The number of rotatable bonds is 3. The molecule has 7 heteroatoms. The highest BCUT2D eigenvalue weighted by atomic mass is 16.2. The molecule has 34 heavy (non-hydrogen) atoms. The van der Waals surface area contributed by atoms with Crippen molar-refractivity contribution >= 4 is 27.7 Å². The van der Waals surface area contributed by atoms with Gasteiger partial charge in [-0.2, -0.15) is 4.98 Å². The lowest BCUT2D eigenvalue weighted by Crippen LogP contribution is -2.37. The van der Waals surface area contributed by atoms with E-state index in [2.05, 4.69) is 60.0 Å². The van der Waals surface area contributed by atoms with Crippen LogP contribution in [0.2, 0.25) is 0 Å². The quantitative estimate of drug-likeness (QED) is 0.409. The van der Waals surface area contributed by atoms with E-state index in [0.29, 0.717) is 16.9 Å². The Morgan fingerprint density at radius 2 is 1.59 bits per heavy atom. The van der Waals surface area contributed by atoms with E-state index in [1.807, 2.05) is 28.8 Å². The molecule has 0 saturated carbocycles. The first-order valence-corrected chi connectivity index (χ1v) is 11.3. The number of hydrogen-bond acceptors (Lipinski definition) is 3. The van der Waals surface area contributed by atoms with Crippen LogP contribution in [0.4, 0.5) is 0 Å². The highest BCUT2D eigenvalue weighted by Crippen LogP contribution is 2.32. The molecule has 0 radical (unpaired) electrons. The summed E-state index contributed by atoms with van der Waals surface area (Å²) in [6.07, 6.45) is 2.90. The monoisotopic (exact) mass is 449 g/mol. The molecule has 3 aromatic carbocycles. The zero-order chi connectivity index (χ0) is 23.6. The van der Waals surface area contributed by atoms with Crippen molar-refractivity contribution in [3.63, 3.8) is 0 Å². The van der Waals surface area contributed by atoms with Crippen LogP contribution in [0.1, 0.15) is 12.5 Å². The Kier molecular flexibility index (Phi) is 4.35. The molecule has 0 amide bonds. The topological polar surface area (TPSA) is 66.2 Å². The first-order chi connectivity index (χ1) is 16.5. The van der Waals surface area contributed by atoms with Crippen LogP contribution in [0.25, 0.3) is 44.7 Å². The zero-order valence-corrected chi connectivity index (χ0v) is 19.2. The highest BCUT2D eigenvalue weighted by molar-refractivity contribution is 5.92. The molecule has 3 aromatic heterocycles. The highest BCUT2D eigenvalue weighted by Gasteiger charge is 2.22. The number of nitrogens with zero attached hydrogens (tertiary/aromatic N) is 5. The van der Waals surface area contributed by atoms with Gasteiger partial charge in [-0.1, -0.05) is 67.6 Å². The van der Waals surface area contributed by atoms with E-state index in [-0.39, 0.29) is 5.56 Å². The Hall–Kier alpha value is -4.39. The second kappa shape index (κ2) is 7.31. The Bertz CT molecular complexity index is 1840. The van der Waals surface area contributed by atoms with Crippen LogP contribution in [0.3, 0.4) is 0 Å². The number of fused-ring (bicyclic) bond motifs is 4. The molecule has 168 valence electrons. The Labute approximate surface area is 194 Å². The summed E-state index contributed by atoms with van der Waals surface area (Å²) >= 11 is 0.